The molecule has 3 aromatic rings. The highest BCUT2D eigenvalue weighted by atomic mass is 19.1. The molecule has 0 aliphatic rings. The fourth-order valence-corrected chi connectivity index (χ4v) is 2.62. The average molecular weight is 371 g/mol. The van der Waals surface area contributed by atoms with E-state index in [0.29, 0.717) is 36.5 Å². The lowest BCUT2D eigenvalue weighted by Crippen LogP contribution is -2.26. The molecule has 0 aliphatic heterocycles. The zero-order chi connectivity index (χ0) is 19.2. The number of aromatic nitrogens is 2. The van der Waals surface area contributed by atoms with Crippen molar-refractivity contribution in [2.75, 3.05) is 0 Å². The van der Waals surface area contributed by atoms with Crippen LogP contribution >= 0.6 is 0 Å². The summed E-state index contributed by atoms with van der Waals surface area (Å²) < 4.78 is 31.1. The highest BCUT2D eigenvalue weighted by Gasteiger charge is 2.12. The Balaban J connectivity index is 1.46. The maximum atomic E-state index is 12.9. The molecule has 0 saturated carbocycles. The summed E-state index contributed by atoms with van der Waals surface area (Å²) in [4.78, 5) is 16.3. The first-order valence-corrected chi connectivity index (χ1v) is 8.64. The average Bonchev–Trinajstić information content (AvgIpc) is 3.11. The fraction of sp³-hybridized carbons (Fsp3) is 0.250. The number of rotatable bonds is 7. The number of carbonyl (C=O) groups is 1. The first-order valence-electron chi connectivity index (χ1n) is 8.64. The van der Waals surface area contributed by atoms with E-state index in [0.717, 1.165) is 5.56 Å². The van der Waals surface area contributed by atoms with Crippen LogP contribution in [0.1, 0.15) is 37.3 Å². The van der Waals surface area contributed by atoms with Gasteiger partial charge in [0, 0.05) is 18.4 Å². The van der Waals surface area contributed by atoms with E-state index in [2.05, 4.69) is 15.5 Å². The lowest BCUT2D eigenvalue weighted by atomic mass is 10.1. The van der Waals surface area contributed by atoms with E-state index < -0.39 is 0 Å². The van der Waals surface area contributed by atoms with Crippen LogP contribution in [0.25, 0.3) is 11.4 Å². The van der Waals surface area contributed by atoms with Crippen LogP contribution in [0.3, 0.4) is 0 Å². The number of hydrogen-bond acceptors (Lipinski definition) is 4. The topological polar surface area (TPSA) is 68.0 Å². The molecule has 0 saturated heterocycles. The molecule has 1 aromatic heterocycles. The zero-order valence-corrected chi connectivity index (χ0v) is 14.8. The molecule has 0 spiro atoms. The van der Waals surface area contributed by atoms with Gasteiger partial charge in [0.25, 0.3) is 0 Å². The summed E-state index contributed by atoms with van der Waals surface area (Å²) >= 11 is 0. The van der Waals surface area contributed by atoms with Gasteiger partial charge in [-0.25, -0.2) is 8.78 Å². The minimum atomic E-state index is -0.330. The first kappa shape index (κ1) is 18.7. The molecular weight excluding hydrogens is 352 g/mol. The number of amides is 1. The Bertz CT molecular complexity index is 892. The van der Waals surface area contributed by atoms with Gasteiger partial charge in [-0.3, -0.25) is 4.79 Å². The Morgan fingerprint density at radius 2 is 1.70 bits per heavy atom. The lowest BCUT2D eigenvalue weighted by molar-refractivity contribution is -0.121. The van der Waals surface area contributed by atoms with Crippen molar-refractivity contribution in [1.29, 1.82) is 0 Å². The molecular formula is C20H19F2N3O2. The third-order valence-corrected chi connectivity index (χ3v) is 4.11. The van der Waals surface area contributed by atoms with Gasteiger partial charge in [-0.15, -0.1) is 0 Å². The zero-order valence-electron chi connectivity index (χ0n) is 14.8. The number of halogens is 2. The van der Waals surface area contributed by atoms with Crippen molar-refractivity contribution in [3.05, 3.63) is 71.6 Å². The van der Waals surface area contributed by atoms with Gasteiger partial charge in [-0.2, -0.15) is 4.98 Å². The van der Waals surface area contributed by atoms with E-state index in [1.165, 1.54) is 24.3 Å². The molecule has 1 heterocycles. The van der Waals surface area contributed by atoms with E-state index in [-0.39, 0.29) is 23.6 Å². The Hall–Kier alpha value is -3.09. The monoisotopic (exact) mass is 371 g/mol. The first-order chi connectivity index (χ1) is 13.0. The van der Waals surface area contributed by atoms with Crippen LogP contribution < -0.4 is 5.32 Å². The highest BCUT2D eigenvalue weighted by Crippen LogP contribution is 2.17. The predicted molar refractivity (Wildman–Crippen MR) is 95.6 cm³/mol. The standard InChI is InChI=1S/C20H19F2N3O2/c1-13(14-5-9-16(21)10-6-14)23-18(26)3-2-4-19-24-20(25-27-19)15-7-11-17(22)12-8-15/h5-13H,2-4H2,1H3,(H,23,26). The number of benzene rings is 2. The van der Waals surface area contributed by atoms with Gasteiger partial charge in [-0.1, -0.05) is 17.3 Å². The summed E-state index contributed by atoms with van der Waals surface area (Å²) in [6, 6.07) is 11.6. The van der Waals surface area contributed by atoms with Crippen LogP contribution in [0.4, 0.5) is 8.78 Å². The van der Waals surface area contributed by atoms with Crippen molar-refractivity contribution < 1.29 is 18.1 Å². The van der Waals surface area contributed by atoms with Crippen molar-refractivity contribution in [2.24, 2.45) is 0 Å². The van der Waals surface area contributed by atoms with E-state index in [9.17, 15) is 13.6 Å². The molecule has 1 N–H and O–H groups in total. The van der Waals surface area contributed by atoms with E-state index in [1.807, 2.05) is 6.92 Å². The molecule has 1 atom stereocenters. The van der Waals surface area contributed by atoms with Crippen molar-refractivity contribution in [1.82, 2.24) is 15.5 Å². The van der Waals surface area contributed by atoms with Crippen LogP contribution in [-0.4, -0.2) is 16.0 Å². The molecule has 1 amide bonds. The van der Waals surface area contributed by atoms with Gasteiger partial charge in [-0.05, 0) is 55.3 Å². The van der Waals surface area contributed by atoms with Crippen molar-refractivity contribution in [2.45, 2.75) is 32.2 Å². The van der Waals surface area contributed by atoms with Crippen LogP contribution in [0.15, 0.2) is 53.1 Å². The molecule has 0 bridgehead atoms. The SMILES string of the molecule is CC(NC(=O)CCCc1nc(-c2ccc(F)cc2)no1)c1ccc(F)cc1. The number of aryl methyl sites for hydroxylation is 1. The fourth-order valence-electron chi connectivity index (χ4n) is 2.62. The maximum Gasteiger partial charge on any atom is 0.226 e. The van der Waals surface area contributed by atoms with Crippen molar-refractivity contribution in [3.8, 4) is 11.4 Å². The highest BCUT2D eigenvalue weighted by molar-refractivity contribution is 5.76. The lowest BCUT2D eigenvalue weighted by Gasteiger charge is -2.14. The van der Waals surface area contributed by atoms with Gasteiger partial charge < -0.3 is 9.84 Å². The number of nitrogens with one attached hydrogen (secondary N) is 1. The van der Waals surface area contributed by atoms with Crippen LogP contribution in [0.5, 0.6) is 0 Å². The Morgan fingerprint density at radius 1 is 1.07 bits per heavy atom. The molecule has 140 valence electrons. The summed E-state index contributed by atoms with van der Waals surface area (Å²) in [5.74, 6) is 0.0679. The smallest absolute Gasteiger partial charge is 0.226 e. The quantitative estimate of drug-likeness (QED) is 0.675. The van der Waals surface area contributed by atoms with Gasteiger partial charge >= 0.3 is 0 Å². The van der Waals surface area contributed by atoms with Crippen LogP contribution in [0.2, 0.25) is 0 Å². The second kappa shape index (κ2) is 8.53. The summed E-state index contributed by atoms with van der Waals surface area (Å²) in [6.07, 6.45) is 1.32. The molecule has 1 unspecified atom stereocenters. The van der Waals surface area contributed by atoms with E-state index >= 15 is 0 Å². The van der Waals surface area contributed by atoms with Gasteiger partial charge in [0.2, 0.25) is 17.6 Å². The Kier molecular flexibility index (Phi) is 5.90. The second-order valence-electron chi connectivity index (χ2n) is 6.21. The number of hydrogen-bond donors (Lipinski definition) is 1. The summed E-state index contributed by atoms with van der Waals surface area (Å²) in [7, 11) is 0. The molecule has 2 aromatic carbocycles. The van der Waals surface area contributed by atoms with Gasteiger partial charge in [0.1, 0.15) is 11.6 Å². The third kappa shape index (κ3) is 5.20. The summed E-state index contributed by atoms with van der Waals surface area (Å²) in [5, 5.41) is 6.74. The van der Waals surface area contributed by atoms with E-state index in [1.54, 1.807) is 24.3 Å². The van der Waals surface area contributed by atoms with Crippen LogP contribution in [0, 0.1) is 11.6 Å². The number of carbonyl (C=O) groups excluding carboxylic acids is 1. The minimum Gasteiger partial charge on any atom is -0.350 e. The van der Waals surface area contributed by atoms with Gasteiger partial charge in [0.05, 0.1) is 6.04 Å². The molecule has 0 radical (unpaired) electrons. The largest absolute Gasteiger partial charge is 0.350 e. The summed E-state index contributed by atoms with van der Waals surface area (Å²) in [5.41, 5.74) is 1.50. The summed E-state index contributed by atoms with van der Waals surface area (Å²) in [6.45, 7) is 1.85. The normalized spacial score (nSPS) is 12.0. The van der Waals surface area contributed by atoms with Crippen LogP contribution in [-0.2, 0) is 11.2 Å². The predicted octanol–water partition coefficient (Wildman–Crippen LogP) is 4.21. The van der Waals surface area contributed by atoms with E-state index in [4.69, 9.17) is 4.52 Å². The molecule has 7 heteroatoms. The van der Waals surface area contributed by atoms with Crippen molar-refractivity contribution in [3.63, 3.8) is 0 Å². The molecule has 5 nitrogen and oxygen atoms in total. The van der Waals surface area contributed by atoms with Crippen molar-refractivity contribution >= 4 is 5.91 Å². The minimum absolute atomic E-state index is 0.106. The molecule has 3 rings (SSSR count). The molecule has 0 aliphatic carbocycles. The second-order valence-corrected chi connectivity index (χ2v) is 6.21. The molecule has 0 fully saturated rings. The number of nitrogens with zero attached hydrogens (tertiary/aromatic N) is 2. The Morgan fingerprint density at radius 3 is 2.37 bits per heavy atom. The molecule has 27 heavy (non-hydrogen) atoms. The Labute approximate surface area is 155 Å². The maximum absolute atomic E-state index is 12.9. The third-order valence-electron chi connectivity index (χ3n) is 4.11. The van der Waals surface area contributed by atoms with Gasteiger partial charge in [0.15, 0.2) is 0 Å².